The molecule has 3 aliphatic rings. The van der Waals surface area contributed by atoms with Gasteiger partial charge in [-0.15, -0.1) is 0 Å². The highest BCUT2D eigenvalue weighted by atomic mass is 19.1. The monoisotopic (exact) mass is 398 g/mol. The van der Waals surface area contributed by atoms with Gasteiger partial charge in [0.05, 0.1) is 6.04 Å². The molecule has 3 heteroatoms. The number of nitrogens with zero attached hydrogens (tertiary/aromatic N) is 2. The van der Waals surface area contributed by atoms with E-state index in [1.807, 2.05) is 6.21 Å². The molecule has 3 aliphatic heterocycles. The number of hydrogen-bond donors (Lipinski definition) is 0. The summed E-state index contributed by atoms with van der Waals surface area (Å²) in [6, 6.07) is 28.9. The molecule has 3 aromatic rings. The third-order valence-electron chi connectivity index (χ3n) is 6.75. The minimum Gasteiger partial charge on any atom is -0.297 e. The molecule has 0 aliphatic carbocycles. The molecule has 2 bridgehead atoms. The summed E-state index contributed by atoms with van der Waals surface area (Å²) < 4.78 is 13.3. The van der Waals surface area contributed by atoms with Gasteiger partial charge in [0.15, 0.2) is 0 Å². The van der Waals surface area contributed by atoms with Crippen LogP contribution in [0.15, 0.2) is 89.9 Å². The number of aliphatic imine (C=N–C) groups is 1. The Hall–Kier alpha value is -2.78. The predicted molar refractivity (Wildman–Crippen MR) is 121 cm³/mol. The normalized spacial score (nSPS) is 25.8. The summed E-state index contributed by atoms with van der Waals surface area (Å²) >= 11 is 0. The Labute approximate surface area is 178 Å². The Kier molecular flexibility index (Phi) is 5.46. The SMILES string of the molecule is Fc1ccc(C=N[C@@H]2C3CCN(CC3)[C@@H]2C(c2ccccc2)c2ccccc2)cc1. The number of rotatable bonds is 5. The van der Waals surface area contributed by atoms with Crippen molar-refractivity contribution < 1.29 is 4.39 Å². The van der Waals surface area contributed by atoms with Gasteiger partial charge >= 0.3 is 0 Å². The molecule has 0 unspecified atom stereocenters. The van der Waals surface area contributed by atoms with Crippen LogP contribution >= 0.6 is 0 Å². The first-order chi connectivity index (χ1) is 14.8. The molecule has 30 heavy (non-hydrogen) atoms. The van der Waals surface area contributed by atoms with E-state index < -0.39 is 0 Å². The van der Waals surface area contributed by atoms with Gasteiger partial charge < -0.3 is 0 Å². The van der Waals surface area contributed by atoms with E-state index in [2.05, 4.69) is 65.6 Å². The van der Waals surface area contributed by atoms with E-state index in [0.29, 0.717) is 12.0 Å². The number of fused-ring (bicyclic) bond motifs is 3. The van der Waals surface area contributed by atoms with Gasteiger partial charge in [0, 0.05) is 18.2 Å². The van der Waals surface area contributed by atoms with Crippen LogP contribution in [0.1, 0.15) is 35.4 Å². The van der Waals surface area contributed by atoms with E-state index in [1.165, 1.54) is 36.1 Å². The van der Waals surface area contributed by atoms with Crippen molar-refractivity contribution >= 4 is 6.21 Å². The first kappa shape index (κ1) is 19.2. The molecule has 0 radical (unpaired) electrons. The van der Waals surface area contributed by atoms with Crippen molar-refractivity contribution in [3.63, 3.8) is 0 Å². The molecule has 0 spiro atoms. The molecule has 0 saturated carbocycles. The molecule has 3 saturated heterocycles. The van der Waals surface area contributed by atoms with Crippen LogP contribution in [0.4, 0.5) is 4.39 Å². The zero-order valence-corrected chi connectivity index (χ0v) is 17.1. The molecule has 3 aromatic carbocycles. The number of piperidine rings is 3. The lowest BCUT2D eigenvalue weighted by Crippen LogP contribution is -2.59. The Morgan fingerprint density at radius 1 is 0.800 bits per heavy atom. The van der Waals surface area contributed by atoms with Crippen LogP contribution in [0.5, 0.6) is 0 Å². The zero-order chi connectivity index (χ0) is 20.3. The fourth-order valence-corrected chi connectivity index (χ4v) is 5.30. The lowest BCUT2D eigenvalue weighted by molar-refractivity contribution is 0.0215. The van der Waals surface area contributed by atoms with Crippen LogP contribution in [-0.4, -0.2) is 36.3 Å². The minimum absolute atomic E-state index is 0.207. The standard InChI is InChI=1S/C27H27FN2/c28-24-13-11-20(12-14-24)19-29-26-23-15-17-30(18-16-23)27(26)25(21-7-3-1-4-8-21)22-9-5-2-6-10-22/h1-14,19,23,25-27H,15-18H2/t26-,27-/m1/s1. The van der Waals surface area contributed by atoms with E-state index in [9.17, 15) is 4.39 Å². The van der Waals surface area contributed by atoms with Gasteiger partial charge in [-0.3, -0.25) is 9.89 Å². The average Bonchev–Trinajstić information content (AvgIpc) is 2.82. The maximum Gasteiger partial charge on any atom is 0.123 e. The summed E-state index contributed by atoms with van der Waals surface area (Å²) in [6.45, 7) is 2.29. The third kappa shape index (κ3) is 3.82. The molecule has 0 aromatic heterocycles. The van der Waals surface area contributed by atoms with Gasteiger partial charge in [-0.05, 0) is 60.7 Å². The second-order valence-electron chi connectivity index (χ2n) is 8.48. The first-order valence-electron chi connectivity index (χ1n) is 10.9. The lowest BCUT2D eigenvalue weighted by Gasteiger charge is -2.52. The molecule has 6 rings (SSSR count). The van der Waals surface area contributed by atoms with Gasteiger partial charge in [0.25, 0.3) is 0 Å². The molecule has 2 nitrogen and oxygen atoms in total. The minimum atomic E-state index is -0.207. The summed E-state index contributed by atoms with van der Waals surface area (Å²) in [4.78, 5) is 7.78. The molecule has 0 N–H and O–H groups in total. The van der Waals surface area contributed by atoms with Crippen LogP contribution in [0, 0.1) is 11.7 Å². The predicted octanol–water partition coefficient (Wildman–Crippen LogP) is 5.54. The fourth-order valence-electron chi connectivity index (χ4n) is 5.30. The van der Waals surface area contributed by atoms with Gasteiger partial charge in [0.1, 0.15) is 5.82 Å². The Morgan fingerprint density at radius 3 is 1.93 bits per heavy atom. The van der Waals surface area contributed by atoms with Crippen LogP contribution in [0.2, 0.25) is 0 Å². The van der Waals surface area contributed by atoms with Gasteiger partial charge in [-0.25, -0.2) is 4.39 Å². The van der Waals surface area contributed by atoms with Crippen LogP contribution in [0.3, 0.4) is 0 Å². The molecule has 152 valence electrons. The smallest absolute Gasteiger partial charge is 0.123 e. The second kappa shape index (κ2) is 8.53. The van der Waals surface area contributed by atoms with E-state index >= 15 is 0 Å². The highest BCUT2D eigenvalue weighted by Crippen LogP contribution is 2.43. The van der Waals surface area contributed by atoms with E-state index in [0.717, 1.165) is 18.7 Å². The maximum absolute atomic E-state index is 13.3. The molecule has 3 heterocycles. The van der Waals surface area contributed by atoms with Crippen LogP contribution < -0.4 is 0 Å². The molecular weight excluding hydrogens is 371 g/mol. The molecular formula is C27H27FN2. The summed E-state index contributed by atoms with van der Waals surface area (Å²) in [5.74, 6) is 0.679. The average molecular weight is 399 g/mol. The Morgan fingerprint density at radius 2 is 1.37 bits per heavy atom. The number of halogens is 1. The summed E-state index contributed by atoms with van der Waals surface area (Å²) in [7, 11) is 0. The topological polar surface area (TPSA) is 15.6 Å². The second-order valence-corrected chi connectivity index (χ2v) is 8.48. The molecule has 2 atom stereocenters. The van der Waals surface area contributed by atoms with Crippen molar-refractivity contribution in [3.8, 4) is 0 Å². The van der Waals surface area contributed by atoms with Crippen molar-refractivity contribution in [3.05, 3.63) is 107 Å². The van der Waals surface area contributed by atoms with Crippen molar-refractivity contribution in [1.82, 2.24) is 4.90 Å². The summed E-state index contributed by atoms with van der Waals surface area (Å²) in [5, 5.41) is 0. The van der Waals surface area contributed by atoms with E-state index in [-0.39, 0.29) is 17.8 Å². The largest absolute Gasteiger partial charge is 0.297 e. The van der Waals surface area contributed by atoms with Crippen molar-refractivity contribution in [2.24, 2.45) is 10.9 Å². The quantitative estimate of drug-likeness (QED) is 0.515. The number of hydrogen-bond acceptors (Lipinski definition) is 2. The highest BCUT2D eigenvalue weighted by Gasteiger charge is 2.46. The summed E-state index contributed by atoms with van der Waals surface area (Å²) in [6.07, 6.45) is 4.36. The van der Waals surface area contributed by atoms with Gasteiger partial charge in [-0.2, -0.15) is 0 Å². The highest BCUT2D eigenvalue weighted by molar-refractivity contribution is 5.79. The Balaban J connectivity index is 1.54. The lowest BCUT2D eigenvalue weighted by atomic mass is 9.71. The van der Waals surface area contributed by atoms with Gasteiger partial charge in [0.2, 0.25) is 0 Å². The van der Waals surface area contributed by atoms with Crippen molar-refractivity contribution in [2.75, 3.05) is 13.1 Å². The number of benzene rings is 3. The van der Waals surface area contributed by atoms with Crippen molar-refractivity contribution in [2.45, 2.75) is 30.8 Å². The third-order valence-corrected chi connectivity index (χ3v) is 6.75. The first-order valence-corrected chi connectivity index (χ1v) is 10.9. The summed E-state index contributed by atoms with van der Waals surface area (Å²) in [5.41, 5.74) is 3.66. The van der Waals surface area contributed by atoms with Gasteiger partial charge in [-0.1, -0.05) is 72.8 Å². The maximum atomic E-state index is 13.3. The Bertz CT molecular complexity index is 937. The fraction of sp³-hybridized carbons (Fsp3) is 0.296. The van der Waals surface area contributed by atoms with E-state index in [4.69, 9.17) is 4.99 Å². The van der Waals surface area contributed by atoms with Crippen LogP contribution in [0.25, 0.3) is 0 Å². The molecule has 3 fully saturated rings. The zero-order valence-electron chi connectivity index (χ0n) is 17.1. The van der Waals surface area contributed by atoms with E-state index in [1.54, 1.807) is 12.1 Å². The van der Waals surface area contributed by atoms with Crippen molar-refractivity contribution in [1.29, 1.82) is 0 Å². The van der Waals surface area contributed by atoms with Crippen LogP contribution in [-0.2, 0) is 0 Å². The molecule has 0 amide bonds.